The Morgan fingerprint density at radius 3 is 1.30 bits per heavy atom. The van der Waals surface area contributed by atoms with Crippen molar-refractivity contribution in [2.45, 2.75) is 102 Å². The van der Waals surface area contributed by atoms with Crippen LogP contribution in [0.4, 0.5) is 0 Å². The molecule has 1 aromatic carbocycles. The molecule has 0 heterocycles. The van der Waals surface area contributed by atoms with Gasteiger partial charge >= 0.3 is 51.4 Å². The van der Waals surface area contributed by atoms with Crippen molar-refractivity contribution in [1.82, 2.24) is 0 Å². The Hall–Kier alpha value is 0.0764. The molecule has 0 aliphatic heterocycles. The smallest absolute Gasteiger partial charge is 0.358 e. The maximum absolute atomic E-state index is 3.93. The summed E-state index contributed by atoms with van der Waals surface area (Å²) in [6, 6.07) is 6.43. The molecule has 1 aromatic rings. The molecular weight excluding hydrogens is 387 g/mol. The van der Waals surface area contributed by atoms with E-state index >= 15 is 0 Å². The fourth-order valence-electron chi connectivity index (χ4n) is 1.35. The minimum atomic E-state index is 0. The van der Waals surface area contributed by atoms with E-state index in [4.69, 9.17) is 0 Å². The van der Waals surface area contributed by atoms with Gasteiger partial charge in [0.15, 0.2) is 0 Å². The van der Waals surface area contributed by atoms with Crippen molar-refractivity contribution in [2.75, 3.05) is 0 Å². The normalized spacial score (nSPS) is 8.27. The van der Waals surface area contributed by atoms with Gasteiger partial charge in [-0.05, 0) is 49.3 Å². The molecular formula is C29H58K-. The molecule has 0 aliphatic rings. The summed E-state index contributed by atoms with van der Waals surface area (Å²) in [5.74, 6) is 0. The maximum atomic E-state index is 3.93. The van der Waals surface area contributed by atoms with Gasteiger partial charge in [0, 0.05) is 0 Å². The van der Waals surface area contributed by atoms with Gasteiger partial charge < -0.3 is 14.9 Å². The van der Waals surface area contributed by atoms with E-state index in [9.17, 15) is 0 Å². The van der Waals surface area contributed by atoms with E-state index in [0.717, 1.165) is 12.0 Å². The second kappa shape index (κ2) is 51.6. The van der Waals surface area contributed by atoms with Gasteiger partial charge in [0.2, 0.25) is 0 Å². The summed E-state index contributed by atoms with van der Waals surface area (Å²) < 4.78 is 0. The predicted octanol–water partition coefficient (Wildman–Crippen LogP) is 6.69. The van der Waals surface area contributed by atoms with Crippen molar-refractivity contribution < 1.29 is 51.4 Å². The van der Waals surface area contributed by atoms with E-state index in [-0.39, 0.29) is 66.2 Å². The predicted molar refractivity (Wildman–Crippen MR) is 149 cm³/mol. The van der Waals surface area contributed by atoms with Crippen LogP contribution in [0.1, 0.15) is 108 Å². The van der Waals surface area contributed by atoms with Crippen LogP contribution >= 0.6 is 0 Å². The van der Waals surface area contributed by atoms with E-state index in [1.54, 1.807) is 0 Å². The van der Waals surface area contributed by atoms with Crippen LogP contribution in [0.15, 0.2) is 37.4 Å². The van der Waals surface area contributed by atoms with E-state index in [0.29, 0.717) is 0 Å². The topological polar surface area (TPSA) is 0 Å². The Balaban J connectivity index is -0.0000000403. The summed E-state index contributed by atoms with van der Waals surface area (Å²) >= 11 is 0. The molecule has 0 unspecified atom stereocenters. The molecule has 30 heavy (non-hydrogen) atoms. The second-order valence-electron chi connectivity index (χ2n) is 5.31. The number of benzene rings is 1. The van der Waals surface area contributed by atoms with Crippen molar-refractivity contribution in [3.8, 4) is 0 Å². The molecule has 0 N–H and O–H groups in total. The van der Waals surface area contributed by atoms with E-state index < -0.39 is 0 Å². The summed E-state index contributed by atoms with van der Waals surface area (Å²) in [6.45, 7) is 32.1. The molecule has 0 nitrogen and oxygen atoms in total. The molecule has 1 rings (SSSR count). The van der Waals surface area contributed by atoms with Gasteiger partial charge in [-0.15, -0.1) is 6.58 Å². The number of hydrogen-bond acceptors (Lipinski definition) is 0. The third-order valence-corrected chi connectivity index (χ3v) is 2.49. The average molecular weight is 446 g/mol. The molecule has 0 aromatic heterocycles. The van der Waals surface area contributed by atoms with Crippen molar-refractivity contribution in [3.63, 3.8) is 0 Å². The zero-order valence-corrected chi connectivity index (χ0v) is 27.1. The molecule has 0 saturated heterocycles. The summed E-state index contributed by atoms with van der Waals surface area (Å²) in [7, 11) is 0. The van der Waals surface area contributed by atoms with Gasteiger partial charge in [0.25, 0.3) is 0 Å². The van der Waals surface area contributed by atoms with Crippen LogP contribution in [-0.2, 0) is 0 Å². The van der Waals surface area contributed by atoms with Crippen molar-refractivity contribution in [3.05, 3.63) is 68.3 Å². The fourth-order valence-corrected chi connectivity index (χ4v) is 1.35. The van der Waals surface area contributed by atoms with Crippen LogP contribution in [0.5, 0.6) is 0 Å². The van der Waals surface area contributed by atoms with Crippen molar-refractivity contribution >= 4 is 17.7 Å². The molecule has 1 heteroatoms. The van der Waals surface area contributed by atoms with Gasteiger partial charge in [-0.25, -0.2) is 0 Å². The van der Waals surface area contributed by atoms with Crippen LogP contribution in [0.3, 0.4) is 0 Å². The Morgan fingerprint density at radius 2 is 1.10 bits per heavy atom. The first-order valence-electron chi connectivity index (χ1n) is 10.9. The molecule has 0 radical (unpaired) electrons. The third kappa shape index (κ3) is 42.2. The molecule has 0 saturated carbocycles. The van der Waals surface area contributed by atoms with E-state index in [2.05, 4.69) is 92.0 Å². The molecule has 0 atom stereocenters. The first-order chi connectivity index (χ1) is 12.9. The molecule has 0 spiro atoms. The molecule has 0 amide bonds. The average Bonchev–Trinajstić information content (AvgIpc) is 2.71. The summed E-state index contributed by atoms with van der Waals surface area (Å²) in [5, 5.41) is 2.57. The van der Waals surface area contributed by atoms with Crippen LogP contribution in [-0.4, -0.2) is 0 Å². The van der Waals surface area contributed by atoms with Crippen LogP contribution in [0.25, 0.3) is 17.7 Å². The Morgan fingerprint density at radius 1 is 0.800 bits per heavy atom. The SMILES string of the molecule is C=C(C)c1ccc(=C/C)/c(=C\C)c1.C=CCC.CC.CC.CCC.CCC.[CH3-].[CH3-].[K+]. The first kappa shape index (κ1) is 52.2. The van der Waals surface area contributed by atoms with Gasteiger partial charge in [0.05, 0.1) is 0 Å². The van der Waals surface area contributed by atoms with Crippen LogP contribution in [0, 0.1) is 14.9 Å². The zero-order valence-electron chi connectivity index (χ0n) is 24.0. The van der Waals surface area contributed by atoms with Crippen molar-refractivity contribution in [2.24, 2.45) is 0 Å². The number of allylic oxidation sites excluding steroid dienone is 2. The first-order valence-corrected chi connectivity index (χ1v) is 10.9. The molecule has 176 valence electrons. The largest absolute Gasteiger partial charge is 1.00 e. The Kier molecular flexibility index (Phi) is 89.7. The van der Waals surface area contributed by atoms with Crippen molar-refractivity contribution in [1.29, 1.82) is 0 Å². The summed E-state index contributed by atoms with van der Waals surface area (Å²) in [5.41, 5.74) is 2.34. The van der Waals surface area contributed by atoms with Crippen LogP contribution < -0.4 is 61.8 Å². The van der Waals surface area contributed by atoms with Gasteiger partial charge in [-0.2, -0.15) is 0 Å². The van der Waals surface area contributed by atoms with Gasteiger partial charge in [-0.3, -0.25) is 0 Å². The van der Waals surface area contributed by atoms with Crippen LogP contribution in [0.2, 0.25) is 0 Å². The Labute approximate surface area is 237 Å². The van der Waals surface area contributed by atoms with Gasteiger partial charge in [-0.1, -0.05) is 118 Å². The van der Waals surface area contributed by atoms with E-state index in [1.165, 1.54) is 28.8 Å². The summed E-state index contributed by atoms with van der Waals surface area (Å²) in [6.07, 6.45) is 9.71. The van der Waals surface area contributed by atoms with E-state index in [1.807, 2.05) is 40.7 Å². The molecule has 0 fully saturated rings. The second-order valence-corrected chi connectivity index (χ2v) is 5.31. The molecule has 0 aliphatic carbocycles. The summed E-state index contributed by atoms with van der Waals surface area (Å²) in [4.78, 5) is 0. The minimum Gasteiger partial charge on any atom is -0.358 e. The number of rotatable bonds is 2. The monoisotopic (exact) mass is 445 g/mol. The fraction of sp³-hybridized carbons (Fsp3) is 0.517. The number of hydrogen-bond donors (Lipinski definition) is 0. The third-order valence-electron chi connectivity index (χ3n) is 2.49. The zero-order chi connectivity index (χ0) is 22.7. The Bertz CT molecular complexity index is 508. The minimum absolute atomic E-state index is 0. The quantitative estimate of drug-likeness (QED) is 0.270. The van der Waals surface area contributed by atoms with Gasteiger partial charge in [0.1, 0.15) is 0 Å². The standard InChI is InChI=1S/C13H16.C4H8.2C3H8.2C2H6.2CH3.K/c1-5-11-7-8-13(10(3)4)9-12(11)6-2;1-3-4-2;2*1-3-2;2*1-2;;;/h5-9H,3H2,1-2,4H3;3H,1,4H2,2H3;2*3H2,1-2H3;2*1-2H3;2*1H3;/q;;;;;;2*-1;+1/b11-5-,12-6-;;;;;;;;. The maximum Gasteiger partial charge on any atom is 1.00 e. The molecule has 0 bridgehead atoms.